The first-order chi connectivity index (χ1) is 7.66. The van der Waals surface area contributed by atoms with E-state index in [1.54, 1.807) is 5.56 Å². The molecule has 0 atom stereocenters. The van der Waals surface area contributed by atoms with Crippen LogP contribution in [0, 0.1) is 15.4 Å². The molecule has 0 aromatic heterocycles. The van der Waals surface area contributed by atoms with Gasteiger partial charge in [-0.05, 0) is 83.7 Å². The summed E-state index contributed by atoms with van der Waals surface area (Å²) in [5, 5.41) is 0. The Morgan fingerprint density at radius 1 is 1.00 bits per heavy atom. The Kier molecular flexibility index (Phi) is 4.28. The molecule has 0 unspecified atom stereocenters. The van der Waals surface area contributed by atoms with Gasteiger partial charge in [0, 0.05) is 3.57 Å². The minimum atomic E-state index is 0.826. The Bertz CT molecular complexity index is 318. The Morgan fingerprint density at radius 2 is 1.56 bits per heavy atom. The molecule has 0 radical (unpaired) electrons. The van der Waals surface area contributed by atoms with Crippen LogP contribution in [0.25, 0.3) is 0 Å². The first-order valence-electron chi connectivity index (χ1n) is 6.42. The minimum Gasteiger partial charge on any atom is -0.0625 e. The van der Waals surface area contributed by atoms with E-state index in [-0.39, 0.29) is 0 Å². The second-order valence-electron chi connectivity index (χ2n) is 5.41. The Hall–Kier alpha value is -0.0500. The van der Waals surface area contributed by atoms with Crippen LogP contribution in [0.1, 0.15) is 51.0 Å². The molecule has 0 saturated heterocycles. The minimum absolute atomic E-state index is 0.826. The van der Waals surface area contributed by atoms with Crippen molar-refractivity contribution in [3.8, 4) is 0 Å². The summed E-state index contributed by atoms with van der Waals surface area (Å²) in [6, 6.07) is 9.12. The van der Waals surface area contributed by atoms with E-state index >= 15 is 0 Å². The molecular formula is C15H21I. The molecule has 1 aromatic rings. The van der Waals surface area contributed by atoms with Crippen molar-refractivity contribution in [2.24, 2.45) is 11.8 Å². The Labute approximate surface area is 113 Å². The molecule has 0 amide bonds. The molecule has 0 heterocycles. The van der Waals surface area contributed by atoms with Crippen molar-refractivity contribution in [3.63, 3.8) is 0 Å². The van der Waals surface area contributed by atoms with E-state index in [2.05, 4.69) is 60.7 Å². The molecule has 1 aliphatic carbocycles. The van der Waals surface area contributed by atoms with Gasteiger partial charge in [0.05, 0.1) is 0 Å². The Morgan fingerprint density at radius 3 is 2.06 bits per heavy atom. The lowest BCUT2D eigenvalue weighted by molar-refractivity contribution is 0.259. The number of benzene rings is 1. The maximum atomic E-state index is 2.38. The van der Waals surface area contributed by atoms with Crippen LogP contribution < -0.4 is 0 Å². The van der Waals surface area contributed by atoms with Crippen LogP contribution in [0.2, 0.25) is 0 Å². The van der Waals surface area contributed by atoms with E-state index in [9.17, 15) is 0 Å². The van der Waals surface area contributed by atoms with E-state index in [1.807, 2.05) is 0 Å². The molecule has 0 nitrogen and oxygen atoms in total. The first kappa shape index (κ1) is 12.4. The molecule has 1 aromatic carbocycles. The summed E-state index contributed by atoms with van der Waals surface area (Å²) in [7, 11) is 0. The smallest absolute Gasteiger partial charge is 0.0130 e. The van der Waals surface area contributed by atoms with Crippen LogP contribution in [-0.2, 0) is 0 Å². The fraction of sp³-hybridized carbons (Fsp3) is 0.600. The fourth-order valence-electron chi connectivity index (χ4n) is 2.85. The molecule has 1 aliphatic rings. The summed E-state index contributed by atoms with van der Waals surface area (Å²) in [5.74, 6) is 2.67. The SMILES string of the molecule is CC(C)[C@H]1CC[C@H](c2ccc(I)cc2)CC1. The van der Waals surface area contributed by atoms with Gasteiger partial charge < -0.3 is 0 Å². The van der Waals surface area contributed by atoms with Crippen LogP contribution in [-0.4, -0.2) is 0 Å². The van der Waals surface area contributed by atoms with Crippen molar-refractivity contribution in [1.29, 1.82) is 0 Å². The van der Waals surface area contributed by atoms with Crippen LogP contribution in [0.3, 0.4) is 0 Å². The quantitative estimate of drug-likeness (QED) is 0.653. The molecule has 0 N–H and O–H groups in total. The zero-order valence-corrected chi connectivity index (χ0v) is 12.4. The molecule has 16 heavy (non-hydrogen) atoms. The van der Waals surface area contributed by atoms with E-state index in [1.165, 1.54) is 29.3 Å². The lowest BCUT2D eigenvalue weighted by atomic mass is 9.75. The van der Waals surface area contributed by atoms with Gasteiger partial charge >= 0.3 is 0 Å². The van der Waals surface area contributed by atoms with Crippen molar-refractivity contribution in [2.75, 3.05) is 0 Å². The fourth-order valence-corrected chi connectivity index (χ4v) is 3.21. The third-order valence-corrected chi connectivity index (χ3v) is 4.78. The molecule has 1 fully saturated rings. The standard InChI is InChI=1S/C15H21I/c1-11(2)12-3-5-13(6-4-12)14-7-9-15(16)10-8-14/h7-13H,3-6H2,1-2H3/t12-,13-. The number of hydrogen-bond donors (Lipinski definition) is 0. The summed E-state index contributed by atoms with van der Waals surface area (Å²) >= 11 is 2.38. The zero-order valence-electron chi connectivity index (χ0n) is 10.2. The topological polar surface area (TPSA) is 0 Å². The average Bonchev–Trinajstić information content (AvgIpc) is 2.30. The molecule has 1 heteroatoms. The molecular weight excluding hydrogens is 307 g/mol. The number of hydrogen-bond acceptors (Lipinski definition) is 0. The van der Waals surface area contributed by atoms with Crippen LogP contribution >= 0.6 is 22.6 Å². The predicted molar refractivity (Wildman–Crippen MR) is 78.7 cm³/mol. The normalized spacial score (nSPS) is 26.0. The van der Waals surface area contributed by atoms with E-state index in [0.29, 0.717) is 0 Å². The van der Waals surface area contributed by atoms with Crippen LogP contribution in [0.4, 0.5) is 0 Å². The maximum absolute atomic E-state index is 2.38. The first-order valence-corrected chi connectivity index (χ1v) is 7.50. The summed E-state index contributed by atoms with van der Waals surface area (Å²) in [4.78, 5) is 0. The second kappa shape index (κ2) is 5.52. The summed E-state index contributed by atoms with van der Waals surface area (Å²) in [5.41, 5.74) is 1.56. The van der Waals surface area contributed by atoms with Gasteiger partial charge in [-0.1, -0.05) is 26.0 Å². The number of halogens is 1. The molecule has 0 bridgehead atoms. The van der Waals surface area contributed by atoms with Crippen LogP contribution in [0.5, 0.6) is 0 Å². The van der Waals surface area contributed by atoms with Gasteiger partial charge in [-0.15, -0.1) is 0 Å². The van der Waals surface area contributed by atoms with E-state index in [4.69, 9.17) is 0 Å². The average molecular weight is 328 g/mol. The highest BCUT2D eigenvalue weighted by Crippen LogP contribution is 2.38. The third-order valence-electron chi connectivity index (χ3n) is 4.06. The van der Waals surface area contributed by atoms with Gasteiger partial charge in [0.25, 0.3) is 0 Å². The molecule has 2 rings (SSSR count). The van der Waals surface area contributed by atoms with Gasteiger partial charge in [0.1, 0.15) is 0 Å². The van der Waals surface area contributed by atoms with E-state index < -0.39 is 0 Å². The highest BCUT2D eigenvalue weighted by atomic mass is 127. The monoisotopic (exact) mass is 328 g/mol. The largest absolute Gasteiger partial charge is 0.0625 e. The van der Waals surface area contributed by atoms with Crippen LogP contribution in [0.15, 0.2) is 24.3 Å². The van der Waals surface area contributed by atoms with Crippen molar-refractivity contribution in [1.82, 2.24) is 0 Å². The van der Waals surface area contributed by atoms with Gasteiger partial charge in [-0.3, -0.25) is 0 Å². The Balaban J connectivity index is 1.96. The van der Waals surface area contributed by atoms with Crippen molar-refractivity contribution in [3.05, 3.63) is 33.4 Å². The van der Waals surface area contributed by atoms with Crippen molar-refractivity contribution >= 4 is 22.6 Å². The van der Waals surface area contributed by atoms with Gasteiger partial charge in [-0.2, -0.15) is 0 Å². The maximum Gasteiger partial charge on any atom is 0.0130 e. The molecule has 0 spiro atoms. The summed E-state index contributed by atoms with van der Waals surface area (Å²) < 4.78 is 1.34. The van der Waals surface area contributed by atoms with Crippen molar-refractivity contribution < 1.29 is 0 Å². The molecule has 1 saturated carbocycles. The molecule has 88 valence electrons. The molecule has 0 aliphatic heterocycles. The lowest BCUT2D eigenvalue weighted by Crippen LogP contribution is -2.17. The summed E-state index contributed by atoms with van der Waals surface area (Å²) in [6.45, 7) is 4.74. The van der Waals surface area contributed by atoms with Crippen molar-refractivity contribution in [2.45, 2.75) is 45.4 Å². The third kappa shape index (κ3) is 2.99. The lowest BCUT2D eigenvalue weighted by Gasteiger charge is -2.31. The second-order valence-corrected chi connectivity index (χ2v) is 6.65. The van der Waals surface area contributed by atoms with Gasteiger partial charge in [0.15, 0.2) is 0 Å². The summed E-state index contributed by atoms with van der Waals surface area (Å²) in [6.07, 6.45) is 5.63. The zero-order chi connectivity index (χ0) is 11.5. The highest BCUT2D eigenvalue weighted by molar-refractivity contribution is 14.1. The predicted octanol–water partition coefficient (Wildman–Crippen LogP) is 5.22. The van der Waals surface area contributed by atoms with Gasteiger partial charge in [0.2, 0.25) is 0 Å². The van der Waals surface area contributed by atoms with Gasteiger partial charge in [-0.25, -0.2) is 0 Å². The highest BCUT2D eigenvalue weighted by Gasteiger charge is 2.23. The number of rotatable bonds is 2. The van der Waals surface area contributed by atoms with E-state index in [0.717, 1.165) is 17.8 Å².